The van der Waals surface area contributed by atoms with E-state index in [9.17, 15) is 9.32 Å². The maximum Gasteiger partial charge on any atom is 0.0715 e. The number of piperazine rings is 1. The summed E-state index contributed by atoms with van der Waals surface area (Å²) in [4.78, 5) is 5.63. The molecule has 1 heterocycles. The zero-order valence-corrected chi connectivity index (χ0v) is 15.4. The van der Waals surface area contributed by atoms with Crippen LogP contribution in [0.2, 0.25) is 0 Å². The second kappa shape index (κ2) is 8.38. The zero-order valence-electron chi connectivity index (χ0n) is 14.6. The molecule has 0 aromatic heterocycles. The van der Waals surface area contributed by atoms with Gasteiger partial charge in [0, 0.05) is 49.9 Å². The maximum absolute atomic E-state index is 12.2. The Labute approximate surface area is 142 Å². The second-order valence-corrected chi connectivity index (χ2v) is 8.96. The van der Waals surface area contributed by atoms with Gasteiger partial charge in [-0.25, -0.2) is 0 Å². The van der Waals surface area contributed by atoms with Gasteiger partial charge in [0.1, 0.15) is 0 Å². The highest BCUT2D eigenvalue weighted by molar-refractivity contribution is 7.85. The van der Waals surface area contributed by atoms with Gasteiger partial charge in [-0.05, 0) is 17.5 Å². The Morgan fingerprint density at radius 1 is 1.09 bits per heavy atom. The third kappa shape index (κ3) is 5.99. The molecule has 1 fully saturated rings. The van der Waals surface area contributed by atoms with Gasteiger partial charge in [0.25, 0.3) is 0 Å². The topological polar surface area (TPSA) is 43.8 Å². The summed E-state index contributed by atoms with van der Waals surface area (Å²) in [5, 5.41) is 10.2. The molecule has 0 spiro atoms. The summed E-state index contributed by atoms with van der Waals surface area (Å²) in [6, 6.07) is 9.69. The van der Waals surface area contributed by atoms with Crippen molar-refractivity contribution >= 4 is 10.8 Å². The standard InChI is InChI=1S/C18H30N2O2S/c1-18(2,3)17(21)15-20-11-9-19(10-12-20)13-14-23(22)16-7-5-4-6-8-16/h4-8,17,21H,9-15H2,1-3H3/t17-,23+/m1/s1. The Morgan fingerprint density at radius 2 is 1.65 bits per heavy atom. The van der Waals surface area contributed by atoms with Crippen molar-refractivity contribution in [2.45, 2.75) is 31.8 Å². The fraction of sp³-hybridized carbons (Fsp3) is 0.667. The molecule has 1 N–H and O–H groups in total. The van der Waals surface area contributed by atoms with Crippen molar-refractivity contribution < 1.29 is 9.32 Å². The van der Waals surface area contributed by atoms with E-state index in [4.69, 9.17) is 0 Å². The first-order valence-corrected chi connectivity index (χ1v) is 9.74. The van der Waals surface area contributed by atoms with Crippen LogP contribution in [0.5, 0.6) is 0 Å². The Balaban J connectivity index is 1.70. The molecule has 2 rings (SSSR count). The lowest BCUT2D eigenvalue weighted by molar-refractivity contribution is 0.0142. The first-order valence-electron chi connectivity index (χ1n) is 8.42. The molecule has 0 saturated carbocycles. The summed E-state index contributed by atoms with van der Waals surface area (Å²) in [5.74, 6) is 0.689. The van der Waals surface area contributed by atoms with Crippen LogP contribution in [0.4, 0.5) is 0 Å². The molecule has 4 nitrogen and oxygen atoms in total. The molecule has 1 aromatic rings. The van der Waals surface area contributed by atoms with Crippen molar-refractivity contribution in [2.24, 2.45) is 5.41 Å². The van der Waals surface area contributed by atoms with Gasteiger partial charge < -0.3 is 5.11 Å². The summed E-state index contributed by atoms with van der Waals surface area (Å²) in [6.45, 7) is 11.8. The van der Waals surface area contributed by atoms with Gasteiger partial charge >= 0.3 is 0 Å². The summed E-state index contributed by atoms with van der Waals surface area (Å²) in [5.41, 5.74) is -0.0658. The molecule has 1 aromatic carbocycles. The van der Waals surface area contributed by atoms with Gasteiger partial charge in [0.15, 0.2) is 0 Å². The molecule has 23 heavy (non-hydrogen) atoms. The van der Waals surface area contributed by atoms with E-state index in [0.29, 0.717) is 5.75 Å². The van der Waals surface area contributed by atoms with Gasteiger partial charge in [-0.3, -0.25) is 14.0 Å². The molecule has 1 aliphatic heterocycles. The SMILES string of the molecule is CC(C)(C)[C@H](O)CN1CCN(CC[S@](=O)c2ccccc2)CC1. The average Bonchev–Trinajstić information content (AvgIpc) is 2.54. The third-order valence-electron chi connectivity index (χ3n) is 4.49. The molecule has 5 heteroatoms. The highest BCUT2D eigenvalue weighted by atomic mass is 32.2. The number of hydrogen-bond donors (Lipinski definition) is 1. The van der Waals surface area contributed by atoms with Crippen LogP contribution in [0, 0.1) is 5.41 Å². The molecule has 0 aliphatic carbocycles. The van der Waals surface area contributed by atoms with Crippen LogP contribution in [0.25, 0.3) is 0 Å². The van der Waals surface area contributed by atoms with Crippen molar-refractivity contribution in [3.8, 4) is 0 Å². The Morgan fingerprint density at radius 3 is 2.22 bits per heavy atom. The number of rotatable bonds is 6. The fourth-order valence-corrected chi connectivity index (χ4v) is 3.74. The molecular formula is C18H30N2O2S. The van der Waals surface area contributed by atoms with Gasteiger partial charge in [-0.1, -0.05) is 39.0 Å². The summed E-state index contributed by atoms with van der Waals surface area (Å²) >= 11 is 0. The predicted octanol–water partition coefficient (Wildman–Crippen LogP) is 1.82. The van der Waals surface area contributed by atoms with Crippen LogP contribution in [-0.4, -0.2) is 70.2 Å². The van der Waals surface area contributed by atoms with E-state index in [1.165, 1.54) is 0 Å². The van der Waals surface area contributed by atoms with Crippen molar-refractivity contribution in [3.63, 3.8) is 0 Å². The molecule has 0 unspecified atom stereocenters. The number of β-amino-alcohol motifs (C(OH)–C–C–N with tert-alkyl or cyclic N) is 1. The van der Waals surface area contributed by atoms with Crippen LogP contribution in [0.3, 0.4) is 0 Å². The first-order chi connectivity index (χ1) is 10.9. The van der Waals surface area contributed by atoms with Gasteiger partial charge in [0.2, 0.25) is 0 Å². The largest absolute Gasteiger partial charge is 0.391 e. The predicted molar refractivity (Wildman–Crippen MR) is 96.1 cm³/mol. The van der Waals surface area contributed by atoms with E-state index in [2.05, 4.69) is 30.6 Å². The van der Waals surface area contributed by atoms with E-state index in [1.807, 2.05) is 30.3 Å². The van der Waals surface area contributed by atoms with E-state index in [0.717, 1.165) is 44.2 Å². The fourth-order valence-electron chi connectivity index (χ4n) is 2.62. The number of hydrogen-bond acceptors (Lipinski definition) is 4. The number of aliphatic hydroxyl groups excluding tert-OH is 1. The molecule has 130 valence electrons. The molecule has 2 atom stereocenters. The number of aliphatic hydroxyl groups is 1. The van der Waals surface area contributed by atoms with Crippen molar-refractivity contribution in [1.29, 1.82) is 0 Å². The average molecular weight is 339 g/mol. The Kier molecular flexibility index (Phi) is 6.77. The smallest absolute Gasteiger partial charge is 0.0715 e. The minimum atomic E-state index is -0.910. The van der Waals surface area contributed by atoms with Crippen LogP contribution in [0.15, 0.2) is 35.2 Å². The van der Waals surface area contributed by atoms with Crippen LogP contribution >= 0.6 is 0 Å². The quantitative estimate of drug-likeness (QED) is 0.859. The second-order valence-electron chi connectivity index (χ2n) is 7.39. The lowest BCUT2D eigenvalue weighted by atomic mass is 9.89. The molecule has 0 amide bonds. The molecule has 1 aliphatic rings. The van der Waals surface area contributed by atoms with Gasteiger partial charge in [0.05, 0.1) is 16.9 Å². The van der Waals surface area contributed by atoms with Crippen LogP contribution < -0.4 is 0 Å². The summed E-state index contributed by atoms with van der Waals surface area (Å²) in [6.07, 6.45) is -0.292. The van der Waals surface area contributed by atoms with E-state index >= 15 is 0 Å². The monoisotopic (exact) mass is 338 g/mol. The van der Waals surface area contributed by atoms with Crippen molar-refractivity contribution in [2.75, 3.05) is 45.0 Å². The highest BCUT2D eigenvalue weighted by Crippen LogP contribution is 2.20. The lowest BCUT2D eigenvalue weighted by Gasteiger charge is -2.37. The van der Waals surface area contributed by atoms with E-state index in [-0.39, 0.29) is 11.5 Å². The first kappa shape index (κ1) is 18.6. The normalized spacial score (nSPS) is 20.3. The van der Waals surface area contributed by atoms with Gasteiger partial charge in [-0.2, -0.15) is 0 Å². The minimum absolute atomic E-state index is 0.0658. The minimum Gasteiger partial charge on any atom is -0.391 e. The van der Waals surface area contributed by atoms with Crippen molar-refractivity contribution in [1.82, 2.24) is 9.80 Å². The number of benzene rings is 1. The number of nitrogens with zero attached hydrogens (tertiary/aromatic N) is 2. The maximum atomic E-state index is 12.2. The highest BCUT2D eigenvalue weighted by Gasteiger charge is 2.26. The Hall–Kier alpha value is -0.750. The third-order valence-corrected chi connectivity index (χ3v) is 5.85. The van der Waals surface area contributed by atoms with Crippen molar-refractivity contribution in [3.05, 3.63) is 30.3 Å². The van der Waals surface area contributed by atoms with Crippen LogP contribution in [-0.2, 0) is 10.8 Å². The summed E-state index contributed by atoms with van der Waals surface area (Å²) in [7, 11) is -0.910. The van der Waals surface area contributed by atoms with Crippen LogP contribution in [0.1, 0.15) is 20.8 Å². The zero-order chi connectivity index (χ0) is 16.9. The summed E-state index contributed by atoms with van der Waals surface area (Å²) < 4.78 is 12.2. The van der Waals surface area contributed by atoms with Gasteiger partial charge in [-0.15, -0.1) is 0 Å². The molecule has 1 saturated heterocycles. The molecular weight excluding hydrogens is 308 g/mol. The lowest BCUT2D eigenvalue weighted by Crippen LogP contribution is -2.50. The molecule has 0 bridgehead atoms. The Bertz CT molecular complexity index is 493. The molecule has 0 radical (unpaired) electrons. The van der Waals surface area contributed by atoms with E-state index < -0.39 is 10.8 Å². The van der Waals surface area contributed by atoms with E-state index in [1.54, 1.807) is 0 Å².